The third kappa shape index (κ3) is 1.81. The summed E-state index contributed by atoms with van der Waals surface area (Å²) in [5, 5.41) is 11.7. The Morgan fingerprint density at radius 2 is 1.86 bits per heavy atom. The molecule has 1 aliphatic heterocycles. The van der Waals surface area contributed by atoms with Gasteiger partial charge in [-0.1, -0.05) is 0 Å². The lowest BCUT2D eigenvalue weighted by atomic mass is 10.2. The smallest absolute Gasteiger partial charge is 0.198 e. The van der Waals surface area contributed by atoms with E-state index >= 15 is 0 Å². The molecule has 6 nitrogen and oxygen atoms in total. The molecule has 2 heterocycles. The number of benzene rings is 1. The number of fused-ring (bicyclic) bond motifs is 3. The number of methoxy groups -OCH3 is 2. The molecule has 0 radical (unpaired) electrons. The molecule has 0 amide bonds. The van der Waals surface area contributed by atoms with E-state index in [-0.39, 0.29) is 0 Å². The summed E-state index contributed by atoms with van der Waals surface area (Å²) < 4.78 is 16.1. The molecule has 1 aliphatic carbocycles. The highest BCUT2D eigenvalue weighted by Gasteiger charge is 2.19. The lowest BCUT2D eigenvalue weighted by molar-refractivity contribution is 0.356. The van der Waals surface area contributed by atoms with Gasteiger partial charge in [-0.25, -0.2) is 0 Å². The molecule has 4 rings (SSSR count). The molecule has 0 saturated heterocycles. The van der Waals surface area contributed by atoms with Crippen molar-refractivity contribution in [2.24, 2.45) is 0 Å². The number of rotatable bonds is 4. The van der Waals surface area contributed by atoms with E-state index in [1.165, 1.54) is 0 Å². The summed E-state index contributed by atoms with van der Waals surface area (Å²) in [7, 11) is 3.27. The van der Waals surface area contributed by atoms with E-state index in [1.807, 2.05) is 24.3 Å². The fourth-order valence-corrected chi connectivity index (χ4v) is 2.70. The maximum atomic E-state index is 5.37. The fraction of sp³-hybridized carbons (Fsp3) is 0.125. The van der Waals surface area contributed by atoms with Crippen molar-refractivity contribution in [1.82, 2.24) is 10.2 Å². The van der Waals surface area contributed by atoms with Gasteiger partial charge in [0.15, 0.2) is 17.4 Å². The monoisotopic (exact) mass is 297 g/mol. The molecule has 0 spiro atoms. The second-order valence-electron chi connectivity index (χ2n) is 4.95. The maximum Gasteiger partial charge on any atom is 0.198 e. The van der Waals surface area contributed by atoms with Gasteiger partial charge in [0.05, 0.1) is 26.2 Å². The number of anilines is 2. The van der Waals surface area contributed by atoms with Crippen molar-refractivity contribution in [3.63, 3.8) is 0 Å². The van der Waals surface area contributed by atoms with Crippen LogP contribution in [0, 0.1) is 0 Å². The van der Waals surface area contributed by atoms with Gasteiger partial charge >= 0.3 is 0 Å². The predicted molar refractivity (Wildman–Crippen MR) is 84.4 cm³/mol. The summed E-state index contributed by atoms with van der Waals surface area (Å²) in [6.45, 7) is 0. The zero-order chi connectivity index (χ0) is 15.1. The Labute approximate surface area is 126 Å². The number of hydrogen-bond acceptors (Lipinski definition) is 4. The van der Waals surface area contributed by atoms with Crippen LogP contribution in [-0.2, 0) is 0 Å². The highest BCUT2D eigenvalue weighted by Crippen LogP contribution is 2.42. The zero-order valence-corrected chi connectivity index (χ0v) is 12.2. The molecule has 0 bridgehead atoms. The molecule has 0 fully saturated rings. The number of nitrogens with one attached hydrogen (secondary N) is 3. The van der Waals surface area contributed by atoms with E-state index < -0.39 is 0 Å². The summed E-state index contributed by atoms with van der Waals surface area (Å²) >= 11 is 0. The van der Waals surface area contributed by atoms with Crippen LogP contribution < -0.4 is 14.8 Å². The van der Waals surface area contributed by atoms with Crippen LogP contribution in [0.1, 0.15) is 0 Å². The first kappa shape index (κ1) is 12.7. The first-order chi connectivity index (χ1) is 10.8. The summed E-state index contributed by atoms with van der Waals surface area (Å²) in [6.07, 6.45) is 1.63. The van der Waals surface area contributed by atoms with Crippen LogP contribution in [0.15, 0.2) is 41.0 Å². The normalized spacial score (nSPS) is 11.2. The molecule has 0 atom stereocenters. The van der Waals surface area contributed by atoms with Gasteiger partial charge in [0.1, 0.15) is 5.82 Å². The number of aromatic amines is 2. The number of aromatic nitrogens is 2. The standard InChI is InChI=1S/C16H15N3O3/c1-20-12-7-9-6-11-15(10(9)8-13(12)21-2)18-19-16(11)17-14-4-3-5-22-14/h3-8,17-19H,1-2H3. The van der Waals surface area contributed by atoms with Gasteiger partial charge in [0.2, 0.25) is 0 Å². The van der Waals surface area contributed by atoms with Crippen molar-refractivity contribution < 1.29 is 13.9 Å². The highest BCUT2D eigenvalue weighted by molar-refractivity contribution is 6.05. The van der Waals surface area contributed by atoms with Gasteiger partial charge in [-0.3, -0.25) is 10.2 Å². The van der Waals surface area contributed by atoms with Crippen molar-refractivity contribution in [1.29, 1.82) is 0 Å². The summed E-state index contributed by atoms with van der Waals surface area (Å²) in [4.78, 5) is 0. The van der Waals surface area contributed by atoms with Crippen LogP contribution in [0.3, 0.4) is 0 Å². The topological polar surface area (TPSA) is 75.2 Å². The van der Waals surface area contributed by atoms with E-state index in [1.54, 1.807) is 20.5 Å². The maximum absolute atomic E-state index is 5.37. The fourth-order valence-electron chi connectivity index (χ4n) is 2.70. The third-order valence-corrected chi connectivity index (χ3v) is 3.75. The largest absolute Gasteiger partial charge is 0.493 e. The van der Waals surface area contributed by atoms with Crippen LogP contribution in [0.5, 0.6) is 11.5 Å². The lowest BCUT2D eigenvalue weighted by Crippen LogP contribution is -1.89. The van der Waals surface area contributed by atoms with E-state index in [0.29, 0.717) is 17.4 Å². The van der Waals surface area contributed by atoms with Crippen LogP contribution in [0.2, 0.25) is 0 Å². The molecule has 3 N–H and O–H groups in total. The van der Waals surface area contributed by atoms with Crippen LogP contribution in [0.4, 0.5) is 11.7 Å². The Hall–Kier alpha value is -3.02. The van der Waals surface area contributed by atoms with Crippen molar-refractivity contribution in [2.45, 2.75) is 0 Å². The highest BCUT2D eigenvalue weighted by atomic mass is 16.5. The van der Waals surface area contributed by atoms with E-state index in [0.717, 1.165) is 27.8 Å². The minimum absolute atomic E-state index is 0.678. The van der Waals surface area contributed by atoms with Crippen molar-refractivity contribution in [3.05, 3.63) is 36.6 Å². The molecule has 22 heavy (non-hydrogen) atoms. The van der Waals surface area contributed by atoms with Crippen LogP contribution in [0.25, 0.3) is 22.0 Å². The molecule has 2 aliphatic rings. The van der Waals surface area contributed by atoms with Gasteiger partial charge in [-0.05, 0) is 29.7 Å². The molecule has 112 valence electrons. The molecular weight excluding hydrogens is 282 g/mol. The van der Waals surface area contributed by atoms with E-state index in [2.05, 4.69) is 21.6 Å². The Morgan fingerprint density at radius 1 is 1.05 bits per heavy atom. The number of hydrogen-bond donors (Lipinski definition) is 3. The molecule has 6 heteroatoms. The molecule has 0 unspecified atom stereocenters. The quantitative estimate of drug-likeness (QED) is 0.533. The van der Waals surface area contributed by atoms with Crippen molar-refractivity contribution in [3.8, 4) is 22.8 Å². The zero-order valence-electron chi connectivity index (χ0n) is 12.2. The molecule has 0 saturated carbocycles. The van der Waals surface area contributed by atoms with Gasteiger partial charge in [0, 0.05) is 17.0 Å². The Bertz CT molecular complexity index is 889. The van der Waals surface area contributed by atoms with Crippen molar-refractivity contribution in [2.75, 3.05) is 19.5 Å². The van der Waals surface area contributed by atoms with Gasteiger partial charge in [-0.2, -0.15) is 0 Å². The molecule has 2 aromatic rings. The Kier molecular flexibility index (Phi) is 2.75. The minimum atomic E-state index is 0.678. The van der Waals surface area contributed by atoms with Crippen LogP contribution >= 0.6 is 0 Å². The second kappa shape index (κ2) is 4.77. The Balaban J connectivity index is 1.84. The minimum Gasteiger partial charge on any atom is -0.493 e. The second-order valence-corrected chi connectivity index (χ2v) is 4.95. The third-order valence-electron chi connectivity index (χ3n) is 3.75. The first-order valence-corrected chi connectivity index (χ1v) is 6.85. The first-order valence-electron chi connectivity index (χ1n) is 6.85. The average Bonchev–Trinajstić information content (AvgIpc) is 3.24. The van der Waals surface area contributed by atoms with Crippen LogP contribution in [-0.4, -0.2) is 24.4 Å². The summed E-state index contributed by atoms with van der Waals surface area (Å²) in [6, 6.07) is 9.73. The summed E-state index contributed by atoms with van der Waals surface area (Å²) in [5.41, 5.74) is 2.05. The number of H-pyrrole nitrogens is 2. The molecular formula is C16H15N3O3. The predicted octanol–water partition coefficient (Wildman–Crippen LogP) is 3.95. The lowest BCUT2D eigenvalue weighted by Gasteiger charge is -2.07. The van der Waals surface area contributed by atoms with Gasteiger partial charge in [0.25, 0.3) is 0 Å². The summed E-state index contributed by atoms with van der Waals surface area (Å²) in [5.74, 6) is 2.95. The van der Waals surface area contributed by atoms with E-state index in [4.69, 9.17) is 13.9 Å². The average molecular weight is 297 g/mol. The van der Waals surface area contributed by atoms with Crippen molar-refractivity contribution >= 4 is 22.5 Å². The van der Waals surface area contributed by atoms with Gasteiger partial charge < -0.3 is 19.2 Å². The Morgan fingerprint density at radius 3 is 2.59 bits per heavy atom. The SMILES string of the molecule is COc1cc2cc3c(Nc4ccco4)[nH][nH]c-3c2cc1OC. The van der Waals surface area contributed by atoms with Gasteiger partial charge in [-0.15, -0.1) is 0 Å². The van der Waals surface area contributed by atoms with E-state index in [9.17, 15) is 0 Å². The number of furan rings is 1. The number of ether oxygens (including phenoxy) is 2. The molecule has 1 aromatic heterocycles. The molecule has 1 aromatic carbocycles.